The van der Waals surface area contributed by atoms with Crippen molar-refractivity contribution in [2.75, 3.05) is 32.9 Å². The quantitative estimate of drug-likeness (QED) is 0.709. The van der Waals surface area contributed by atoms with E-state index in [0.717, 1.165) is 25.7 Å². The molecule has 0 spiro atoms. The van der Waals surface area contributed by atoms with Gasteiger partial charge in [-0.15, -0.1) is 0 Å². The first kappa shape index (κ1) is 16.4. The number of carbonyl (C=O) groups is 1. The average Bonchev–Trinajstić information content (AvgIpc) is 2.79. The summed E-state index contributed by atoms with van der Waals surface area (Å²) < 4.78 is 26.1. The number of carboxylic acids is 1. The van der Waals surface area contributed by atoms with Gasteiger partial charge in [0, 0.05) is 19.1 Å². The summed E-state index contributed by atoms with van der Waals surface area (Å²) in [5.74, 6) is -1.37. The highest BCUT2D eigenvalue weighted by Gasteiger charge is 2.31. The highest BCUT2D eigenvalue weighted by atomic mass is 32.2. The Morgan fingerprint density at radius 3 is 2.26 bits per heavy atom. The summed E-state index contributed by atoms with van der Waals surface area (Å²) >= 11 is 0. The van der Waals surface area contributed by atoms with Gasteiger partial charge in [-0.25, -0.2) is 8.42 Å². The Bertz CT molecular complexity index is 389. The van der Waals surface area contributed by atoms with Gasteiger partial charge in [0.2, 0.25) is 10.0 Å². The zero-order valence-electron chi connectivity index (χ0n) is 11.7. The number of hydrogen-bond donors (Lipinski definition) is 1. The summed E-state index contributed by atoms with van der Waals surface area (Å²) in [7, 11) is 0.328. The summed E-state index contributed by atoms with van der Waals surface area (Å²) in [4.78, 5) is 12.5. The number of rotatable bonds is 8. The van der Waals surface area contributed by atoms with Crippen LogP contribution in [0.1, 0.15) is 32.1 Å². The maximum atomic E-state index is 12.3. The molecule has 0 aromatic carbocycles. The lowest BCUT2D eigenvalue weighted by molar-refractivity contribution is -0.136. The molecule has 1 saturated carbocycles. The number of carboxylic acid groups (broad SMARTS) is 1. The van der Waals surface area contributed by atoms with E-state index in [9.17, 15) is 13.2 Å². The zero-order valence-corrected chi connectivity index (χ0v) is 12.5. The standard InChI is InChI=1S/C12H24N2O4S/c1-13(2)8-9-14(11-5-3-4-6-11)19(17,18)10-7-12(15)16/h11H,3-10H2,1-2H3,(H,15,16). The van der Waals surface area contributed by atoms with Gasteiger partial charge in [0.1, 0.15) is 0 Å². The van der Waals surface area contributed by atoms with Gasteiger partial charge in [-0.05, 0) is 26.9 Å². The number of likely N-dealkylation sites (N-methyl/N-ethyl adjacent to an activating group) is 1. The van der Waals surface area contributed by atoms with Gasteiger partial charge in [-0.1, -0.05) is 12.8 Å². The van der Waals surface area contributed by atoms with E-state index in [-0.39, 0.29) is 18.2 Å². The molecule has 1 rings (SSSR count). The Morgan fingerprint density at radius 2 is 1.79 bits per heavy atom. The topological polar surface area (TPSA) is 77.9 Å². The first-order valence-electron chi connectivity index (χ1n) is 6.69. The Kier molecular flexibility index (Phi) is 6.22. The van der Waals surface area contributed by atoms with Crippen LogP contribution in [0.15, 0.2) is 0 Å². The molecular formula is C12H24N2O4S. The molecule has 1 aliphatic rings. The average molecular weight is 292 g/mol. The van der Waals surface area contributed by atoms with Crippen LogP contribution in [-0.4, -0.2) is 67.7 Å². The normalized spacial score (nSPS) is 17.5. The third-order valence-corrected chi connectivity index (χ3v) is 5.35. The summed E-state index contributed by atoms with van der Waals surface area (Å²) in [6, 6.07) is 0.0544. The minimum absolute atomic E-state index is 0.0544. The Labute approximate surface area is 115 Å². The molecule has 112 valence electrons. The van der Waals surface area contributed by atoms with E-state index < -0.39 is 16.0 Å². The fourth-order valence-electron chi connectivity index (χ4n) is 2.37. The zero-order chi connectivity index (χ0) is 14.5. The third-order valence-electron chi connectivity index (χ3n) is 3.43. The van der Waals surface area contributed by atoms with Crippen LogP contribution >= 0.6 is 0 Å². The third kappa shape index (κ3) is 5.46. The molecule has 0 heterocycles. The molecule has 0 unspecified atom stereocenters. The fraction of sp³-hybridized carbons (Fsp3) is 0.917. The molecule has 1 aliphatic carbocycles. The fourth-order valence-corrected chi connectivity index (χ4v) is 4.07. The van der Waals surface area contributed by atoms with E-state index in [1.165, 1.54) is 4.31 Å². The number of aliphatic carboxylic acids is 1. The summed E-state index contributed by atoms with van der Waals surface area (Å²) in [5.41, 5.74) is 0. The van der Waals surface area contributed by atoms with Crippen molar-refractivity contribution in [1.29, 1.82) is 0 Å². The smallest absolute Gasteiger partial charge is 0.304 e. The van der Waals surface area contributed by atoms with Crippen molar-refractivity contribution in [1.82, 2.24) is 9.21 Å². The van der Waals surface area contributed by atoms with Crippen molar-refractivity contribution in [3.05, 3.63) is 0 Å². The van der Waals surface area contributed by atoms with E-state index in [1.54, 1.807) is 0 Å². The van der Waals surface area contributed by atoms with Gasteiger partial charge < -0.3 is 10.0 Å². The maximum Gasteiger partial charge on any atom is 0.304 e. The first-order chi connectivity index (χ1) is 8.83. The SMILES string of the molecule is CN(C)CCN(C1CCCC1)S(=O)(=O)CCC(=O)O. The second-order valence-electron chi connectivity index (χ2n) is 5.31. The monoisotopic (exact) mass is 292 g/mol. The lowest BCUT2D eigenvalue weighted by Crippen LogP contribution is -2.44. The molecule has 7 heteroatoms. The lowest BCUT2D eigenvalue weighted by atomic mass is 10.2. The van der Waals surface area contributed by atoms with Gasteiger partial charge in [-0.2, -0.15) is 4.31 Å². The van der Waals surface area contributed by atoms with Crippen LogP contribution in [-0.2, 0) is 14.8 Å². The molecule has 6 nitrogen and oxygen atoms in total. The molecule has 0 aromatic heterocycles. The number of nitrogens with zero attached hydrogens (tertiary/aromatic N) is 2. The first-order valence-corrected chi connectivity index (χ1v) is 8.30. The van der Waals surface area contributed by atoms with Crippen LogP contribution in [0, 0.1) is 0 Å². The summed E-state index contributed by atoms with van der Waals surface area (Å²) in [6.07, 6.45) is 3.56. The predicted octanol–water partition coefficient (Wildman–Crippen LogP) is 0.597. The van der Waals surface area contributed by atoms with Crippen molar-refractivity contribution < 1.29 is 18.3 Å². The molecule has 1 fully saturated rings. The minimum Gasteiger partial charge on any atom is -0.481 e. The van der Waals surface area contributed by atoms with E-state index in [0.29, 0.717) is 13.1 Å². The minimum atomic E-state index is -3.47. The summed E-state index contributed by atoms with van der Waals surface area (Å²) in [6.45, 7) is 1.10. The molecule has 1 N–H and O–H groups in total. The van der Waals surface area contributed by atoms with Gasteiger partial charge in [0.15, 0.2) is 0 Å². The van der Waals surface area contributed by atoms with Gasteiger partial charge in [0.05, 0.1) is 12.2 Å². The number of hydrogen-bond acceptors (Lipinski definition) is 4. The van der Waals surface area contributed by atoms with Crippen LogP contribution in [0.3, 0.4) is 0 Å². The van der Waals surface area contributed by atoms with Crippen LogP contribution < -0.4 is 0 Å². The van der Waals surface area contributed by atoms with Gasteiger partial charge >= 0.3 is 5.97 Å². The van der Waals surface area contributed by atoms with E-state index >= 15 is 0 Å². The molecular weight excluding hydrogens is 268 g/mol. The van der Waals surface area contributed by atoms with Gasteiger partial charge in [0.25, 0.3) is 0 Å². The van der Waals surface area contributed by atoms with E-state index in [4.69, 9.17) is 5.11 Å². The van der Waals surface area contributed by atoms with E-state index in [1.807, 2.05) is 19.0 Å². The van der Waals surface area contributed by atoms with Crippen LogP contribution in [0.2, 0.25) is 0 Å². The Hall–Kier alpha value is -0.660. The predicted molar refractivity (Wildman–Crippen MR) is 73.6 cm³/mol. The summed E-state index contributed by atoms with van der Waals surface area (Å²) in [5, 5.41) is 8.65. The molecule has 0 radical (unpaired) electrons. The molecule has 0 bridgehead atoms. The number of sulfonamides is 1. The van der Waals surface area contributed by atoms with Gasteiger partial charge in [-0.3, -0.25) is 4.79 Å². The maximum absolute atomic E-state index is 12.3. The molecule has 0 aromatic rings. The molecule has 0 aliphatic heterocycles. The van der Waals surface area contributed by atoms with Crippen molar-refractivity contribution in [2.24, 2.45) is 0 Å². The van der Waals surface area contributed by atoms with Crippen LogP contribution in [0.5, 0.6) is 0 Å². The molecule has 0 saturated heterocycles. The highest BCUT2D eigenvalue weighted by molar-refractivity contribution is 7.89. The van der Waals surface area contributed by atoms with Crippen molar-refractivity contribution >= 4 is 16.0 Å². The molecule has 19 heavy (non-hydrogen) atoms. The Balaban J connectivity index is 2.72. The molecule has 0 amide bonds. The second-order valence-corrected chi connectivity index (χ2v) is 7.35. The lowest BCUT2D eigenvalue weighted by Gasteiger charge is -2.29. The largest absolute Gasteiger partial charge is 0.481 e. The Morgan fingerprint density at radius 1 is 1.21 bits per heavy atom. The van der Waals surface area contributed by atoms with E-state index in [2.05, 4.69) is 0 Å². The molecule has 0 atom stereocenters. The van der Waals surface area contributed by atoms with Crippen LogP contribution in [0.25, 0.3) is 0 Å². The van der Waals surface area contributed by atoms with Crippen molar-refractivity contribution in [2.45, 2.75) is 38.1 Å². The highest BCUT2D eigenvalue weighted by Crippen LogP contribution is 2.25. The van der Waals surface area contributed by atoms with Crippen LogP contribution in [0.4, 0.5) is 0 Å². The van der Waals surface area contributed by atoms with Crippen molar-refractivity contribution in [3.8, 4) is 0 Å². The van der Waals surface area contributed by atoms with Crippen molar-refractivity contribution in [3.63, 3.8) is 0 Å². The second kappa shape index (κ2) is 7.21.